The van der Waals surface area contributed by atoms with E-state index in [2.05, 4.69) is 166 Å². The van der Waals surface area contributed by atoms with E-state index >= 15 is 0 Å². The van der Waals surface area contributed by atoms with E-state index in [1.165, 1.54) is 74.9 Å². The summed E-state index contributed by atoms with van der Waals surface area (Å²) >= 11 is -4.22. The molecule has 0 amide bonds. The van der Waals surface area contributed by atoms with Crippen LogP contribution in [0.2, 0.25) is 0 Å². The Bertz CT molecular complexity index is 2180. The topological polar surface area (TPSA) is 0 Å². The van der Waals surface area contributed by atoms with Gasteiger partial charge < -0.3 is 0 Å². The molecule has 1 aliphatic heterocycles. The van der Waals surface area contributed by atoms with Crippen molar-refractivity contribution >= 4 is 51.8 Å². The Labute approximate surface area is 292 Å². The number of rotatable bonds is 5. The van der Waals surface area contributed by atoms with Crippen molar-refractivity contribution < 1.29 is 17.9 Å². The summed E-state index contributed by atoms with van der Waals surface area (Å²) in [6.45, 7) is 6.96. The molecule has 0 radical (unpaired) electrons. The molecule has 0 aromatic heterocycles. The van der Waals surface area contributed by atoms with Crippen LogP contribution in [-0.4, -0.2) is 9.52 Å². The zero-order valence-electron chi connectivity index (χ0n) is 26.9. The first-order valence-electron chi connectivity index (χ1n) is 16.4. The minimum atomic E-state index is -4.22. The number of allylic oxidation sites excluding steroid dienone is 1. The quantitative estimate of drug-likeness (QED) is 0.154. The van der Waals surface area contributed by atoms with Gasteiger partial charge in [0.2, 0.25) is 0 Å². The molecule has 1 heterocycles. The van der Waals surface area contributed by atoms with Gasteiger partial charge in [0.15, 0.2) is 0 Å². The summed E-state index contributed by atoms with van der Waals surface area (Å²) in [5.41, 5.74) is 13.9. The summed E-state index contributed by atoms with van der Waals surface area (Å²) in [4.78, 5) is 0. The summed E-state index contributed by atoms with van der Waals surface area (Å²) in [5.74, 6) is 0. The summed E-state index contributed by atoms with van der Waals surface area (Å²) < 4.78 is 1.21. The Morgan fingerprint density at radius 2 is 1.17 bits per heavy atom. The summed E-state index contributed by atoms with van der Waals surface area (Å²) in [7, 11) is 15.5. The summed E-state index contributed by atoms with van der Waals surface area (Å²) in [6.07, 6.45) is 2.44. The van der Waals surface area contributed by atoms with Gasteiger partial charge in [0.25, 0.3) is 0 Å². The molecule has 0 spiro atoms. The van der Waals surface area contributed by atoms with E-state index in [0.717, 1.165) is 0 Å². The molecule has 4 heteroatoms. The van der Waals surface area contributed by atoms with Crippen LogP contribution < -0.4 is 13.6 Å². The second kappa shape index (κ2) is 12.0. The molecule has 6 aromatic carbocycles. The van der Waals surface area contributed by atoms with Crippen LogP contribution in [-0.2, 0) is 23.3 Å². The predicted octanol–water partition coefficient (Wildman–Crippen LogP) is 9.80. The fourth-order valence-corrected chi connectivity index (χ4v) is 24.3. The van der Waals surface area contributed by atoms with Crippen LogP contribution in [0.15, 0.2) is 140 Å². The Morgan fingerprint density at radius 1 is 0.574 bits per heavy atom. The Hall–Kier alpha value is -3.26. The van der Waals surface area contributed by atoms with Gasteiger partial charge in [-0.05, 0) is 0 Å². The third-order valence-corrected chi connectivity index (χ3v) is 24.2. The van der Waals surface area contributed by atoms with Crippen molar-refractivity contribution in [3.63, 3.8) is 0 Å². The number of benzene rings is 6. The Balaban J connectivity index is 1.39. The Morgan fingerprint density at radius 3 is 1.87 bits per heavy atom. The van der Waals surface area contributed by atoms with Gasteiger partial charge in [0, 0.05) is 0 Å². The average Bonchev–Trinajstić information content (AvgIpc) is 3.68. The van der Waals surface area contributed by atoms with Crippen LogP contribution in [0.4, 0.5) is 0 Å². The van der Waals surface area contributed by atoms with Crippen LogP contribution in [0, 0.1) is 0 Å². The standard InChI is InChI=1S/C31H27.C12H9Si.2ClH.Zr/c1-31(2,3)29-19-18-24-20-25(22-12-6-4-7-13-22)21-28(24)30(29)27-17-11-10-16-26(27)23-14-8-5-9-15-23;1-3-7-11-9(5-1)10-6-2-4-8-12(10)13-11;;;/h4-21H,1-3H3;1-7H,13H2;2*1H;/q;;;;+2/p-2. The van der Waals surface area contributed by atoms with Gasteiger partial charge in [-0.25, -0.2) is 0 Å². The van der Waals surface area contributed by atoms with Gasteiger partial charge in [-0.2, -0.15) is 0 Å². The zero-order valence-corrected chi connectivity index (χ0v) is 32.3. The molecule has 1 unspecified atom stereocenters. The third kappa shape index (κ3) is 5.30. The van der Waals surface area contributed by atoms with Gasteiger partial charge in [0.1, 0.15) is 0 Å². The van der Waals surface area contributed by atoms with E-state index < -0.39 is 27.4 Å². The molecule has 8 rings (SSSR count). The van der Waals surface area contributed by atoms with Gasteiger partial charge in [-0.3, -0.25) is 0 Å². The number of fused-ring (bicyclic) bond motifs is 4. The van der Waals surface area contributed by atoms with Crippen LogP contribution in [0.5, 0.6) is 0 Å². The first-order chi connectivity index (χ1) is 22.7. The second-order valence-corrected chi connectivity index (χ2v) is 29.7. The second-order valence-electron chi connectivity index (χ2n) is 13.8. The fraction of sp³-hybridized carbons (Fsp3) is 0.116. The molecule has 6 aromatic rings. The van der Waals surface area contributed by atoms with E-state index in [0.29, 0.717) is 0 Å². The van der Waals surface area contributed by atoms with Gasteiger partial charge in [-0.15, -0.1) is 0 Å². The van der Waals surface area contributed by atoms with Crippen LogP contribution in [0.3, 0.4) is 0 Å². The Kier molecular flexibility index (Phi) is 7.93. The molecule has 1 aliphatic carbocycles. The minimum absolute atomic E-state index is 0.0501. The third-order valence-electron chi connectivity index (χ3n) is 9.97. The molecular formula is C43H36Cl2SiZr. The molecule has 47 heavy (non-hydrogen) atoms. The summed E-state index contributed by atoms with van der Waals surface area (Å²) in [5, 5.41) is 2.95. The van der Waals surface area contributed by atoms with Gasteiger partial charge >= 0.3 is 295 Å². The van der Waals surface area contributed by atoms with Crippen molar-refractivity contribution in [2.75, 3.05) is 0 Å². The molecule has 0 saturated carbocycles. The average molecular weight is 743 g/mol. The molecule has 0 fully saturated rings. The number of hydrogen-bond donors (Lipinski definition) is 0. The van der Waals surface area contributed by atoms with E-state index in [-0.39, 0.29) is 9.04 Å². The van der Waals surface area contributed by atoms with E-state index in [1.807, 2.05) is 0 Å². The van der Waals surface area contributed by atoms with Crippen molar-refractivity contribution in [2.24, 2.45) is 0 Å². The monoisotopic (exact) mass is 740 g/mol. The number of halogens is 2. The molecule has 0 saturated heterocycles. The molecule has 230 valence electrons. The van der Waals surface area contributed by atoms with Crippen molar-refractivity contribution in [1.82, 2.24) is 0 Å². The van der Waals surface area contributed by atoms with Crippen molar-refractivity contribution in [2.45, 2.75) is 29.8 Å². The van der Waals surface area contributed by atoms with E-state index in [1.54, 1.807) is 0 Å². The molecule has 0 bridgehead atoms. The maximum atomic E-state index is 8.08. The first-order valence-corrected chi connectivity index (χ1v) is 26.8. The summed E-state index contributed by atoms with van der Waals surface area (Å²) in [6, 6.07) is 50.8. The first kappa shape index (κ1) is 31.0. The zero-order chi connectivity index (χ0) is 32.3. The van der Waals surface area contributed by atoms with Gasteiger partial charge in [0.05, 0.1) is 0 Å². The maximum absolute atomic E-state index is 8.08. The van der Waals surface area contributed by atoms with Crippen LogP contribution in [0.1, 0.15) is 46.7 Å². The van der Waals surface area contributed by atoms with Crippen molar-refractivity contribution in [3.8, 4) is 33.4 Å². The number of hydrogen-bond acceptors (Lipinski definition) is 0. The van der Waals surface area contributed by atoms with Crippen molar-refractivity contribution in [3.05, 3.63) is 162 Å². The predicted molar refractivity (Wildman–Crippen MR) is 204 cm³/mol. The molecule has 0 N–H and O–H groups in total. The molecular weight excluding hydrogens is 707 g/mol. The normalized spacial score (nSPS) is 15.7. The van der Waals surface area contributed by atoms with Crippen molar-refractivity contribution in [1.29, 1.82) is 0 Å². The van der Waals surface area contributed by atoms with Crippen LogP contribution in [0.25, 0.3) is 45.0 Å². The fourth-order valence-electron chi connectivity index (χ4n) is 7.83. The van der Waals surface area contributed by atoms with Gasteiger partial charge in [-0.1, -0.05) is 0 Å². The molecule has 0 nitrogen and oxygen atoms in total. The molecule has 2 aliphatic rings. The van der Waals surface area contributed by atoms with Crippen LogP contribution >= 0.6 is 17.0 Å². The molecule has 1 atom stereocenters. The van der Waals surface area contributed by atoms with E-state index in [9.17, 15) is 0 Å². The SMILES string of the molecule is CC(C)(C)c1ccc2c(c1-c1ccccc1-c1ccccc1)C=C(c1ccccc1)[CH]2[Zr]([Cl])([Cl])[c]1cccc2c1[SiH2]c1ccccc1-2. The van der Waals surface area contributed by atoms with E-state index in [4.69, 9.17) is 17.0 Å².